The number of nitrogens with one attached hydrogen (secondary N) is 1. The standard InChI is InChI=1S/C14H24N4O/c1-11(2)16-9-12-8-15-10-14(17-12)19-13-4-6-18(3)7-5-13/h8,10-11,13,16H,4-7,9H2,1-3H3. The number of nitrogens with zero attached hydrogens (tertiary/aromatic N) is 3. The number of hydrogen-bond donors (Lipinski definition) is 1. The average Bonchev–Trinajstić information content (AvgIpc) is 2.40. The largest absolute Gasteiger partial charge is 0.473 e. The lowest BCUT2D eigenvalue weighted by molar-refractivity contribution is 0.109. The van der Waals surface area contributed by atoms with Crippen molar-refractivity contribution in [2.75, 3.05) is 20.1 Å². The fourth-order valence-electron chi connectivity index (χ4n) is 2.11. The van der Waals surface area contributed by atoms with Crippen LogP contribution >= 0.6 is 0 Å². The van der Waals surface area contributed by atoms with Crippen LogP contribution in [-0.2, 0) is 6.54 Å². The van der Waals surface area contributed by atoms with Crippen LogP contribution in [0.1, 0.15) is 32.4 Å². The molecule has 5 nitrogen and oxygen atoms in total. The first kappa shape index (κ1) is 14.2. The summed E-state index contributed by atoms with van der Waals surface area (Å²) in [4.78, 5) is 11.0. The minimum absolute atomic E-state index is 0.277. The van der Waals surface area contributed by atoms with Crippen molar-refractivity contribution in [2.24, 2.45) is 0 Å². The zero-order valence-corrected chi connectivity index (χ0v) is 12.1. The highest BCUT2D eigenvalue weighted by Crippen LogP contribution is 2.15. The smallest absolute Gasteiger partial charge is 0.232 e. The molecule has 2 rings (SSSR count). The van der Waals surface area contributed by atoms with E-state index in [2.05, 4.69) is 41.1 Å². The zero-order valence-electron chi connectivity index (χ0n) is 12.1. The van der Waals surface area contributed by atoms with Gasteiger partial charge in [0.15, 0.2) is 0 Å². The molecule has 0 bridgehead atoms. The number of hydrogen-bond acceptors (Lipinski definition) is 5. The van der Waals surface area contributed by atoms with Gasteiger partial charge in [-0.1, -0.05) is 13.8 Å². The van der Waals surface area contributed by atoms with Crippen LogP contribution in [0.15, 0.2) is 12.4 Å². The first-order valence-corrected chi connectivity index (χ1v) is 7.03. The average molecular weight is 264 g/mol. The summed E-state index contributed by atoms with van der Waals surface area (Å²) in [6.45, 7) is 7.15. The van der Waals surface area contributed by atoms with E-state index in [9.17, 15) is 0 Å². The molecule has 0 amide bonds. The van der Waals surface area contributed by atoms with E-state index in [1.165, 1.54) is 0 Å². The van der Waals surface area contributed by atoms with Crippen molar-refractivity contribution in [1.82, 2.24) is 20.2 Å². The highest BCUT2D eigenvalue weighted by Gasteiger charge is 2.18. The molecule has 0 spiro atoms. The van der Waals surface area contributed by atoms with E-state index in [-0.39, 0.29) is 6.10 Å². The van der Waals surface area contributed by atoms with Gasteiger partial charge < -0.3 is 15.0 Å². The first-order valence-electron chi connectivity index (χ1n) is 7.03. The summed E-state index contributed by atoms with van der Waals surface area (Å²) in [6, 6.07) is 0.445. The molecule has 1 saturated heterocycles. The van der Waals surface area contributed by atoms with Gasteiger partial charge in [-0.15, -0.1) is 0 Å². The molecule has 5 heteroatoms. The molecule has 0 unspecified atom stereocenters. The van der Waals surface area contributed by atoms with Gasteiger partial charge in [0.2, 0.25) is 5.88 Å². The van der Waals surface area contributed by atoms with Crippen LogP contribution in [0, 0.1) is 0 Å². The minimum Gasteiger partial charge on any atom is -0.473 e. The summed E-state index contributed by atoms with van der Waals surface area (Å²) >= 11 is 0. The second-order valence-electron chi connectivity index (χ2n) is 5.50. The fraction of sp³-hybridized carbons (Fsp3) is 0.714. The van der Waals surface area contributed by atoms with Crippen LogP contribution in [0.2, 0.25) is 0 Å². The Morgan fingerprint density at radius 2 is 2.11 bits per heavy atom. The maximum atomic E-state index is 5.92. The summed E-state index contributed by atoms with van der Waals surface area (Å²) in [6.07, 6.45) is 5.90. The monoisotopic (exact) mass is 264 g/mol. The van der Waals surface area contributed by atoms with Gasteiger partial charge in [0.25, 0.3) is 0 Å². The van der Waals surface area contributed by atoms with Crippen LogP contribution in [0.5, 0.6) is 5.88 Å². The molecule has 106 valence electrons. The summed E-state index contributed by atoms with van der Waals surface area (Å²) in [7, 11) is 2.15. The third-order valence-electron chi connectivity index (χ3n) is 3.31. The SMILES string of the molecule is CC(C)NCc1cncc(OC2CCN(C)CC2)n1. The van der Waals surface area contributed by atoms with Gasteiger partial charge in [-0.3, -0.25) is 4.98 Å². The Morgan fingerprint density at radius 3 is 2.79 bits per heavy atom. The normalized spacial score (nSPS) is 17.9. The Bertz CT molecular complexity index is 389. The van der Waals surface area contributed by atoms with Gasteiger partial charge in [-0.2, -0.15) is 0 Å². The maximum Gasteiger partial charge on any atom is 0.232 e. The molecule has 1 fully saturated rings. The van der Waals surface area contributed by atoms with Gasteiger partial charge >= 0.3 is 0 Å². The Morgan fingerprint density at radius 1 is 1.37 bits per heavy atom. The summed E-state index contributed by atoms with van der Waals surface area (Å²) in [5.41, 5.74) is 0.930. The predicted octanol–water partition coefficient (Wildman–Crippen LogP) is 1.45. The highest BCUT2D eigenvalue weighted by atomic mass is 16.5. The first-order chi connectivity index (χ1) is 9.13. The lowest BCUT2D eigenvalue weighted by atomic mass is 10.1. The topological polar surface area (TPSA) is 50.3 Å². The van der Waals surface area contributed by atoms with E-state index in [1.54, 1.807) is 12.4 Å². The number of piperidine rings is 1. The van der Waals surface area contributed by atoms with Gasteiger partial charge in [-0.25, -0.2) is 4.98 Å². The van der Waals surface area contributed by atoms with Crippen molar-refractivity contribution >= 4 is 0 Å². The van der Waals surface area contributed by atoms with Gasteiger partial charge in [0, 0.05) is 31.9 Å². The molecular weight excluding hydrogens is 240 g/mol. The molecule has 1 N–H and O–H groups in total. The Hall–Kier alpha value is -1.20. The van der Waals surface area contributed by atoms with Gasteiger partial charge in [0.1, 0.15) is 6.10 Å². The Balaban J connectivity index is 1.88. The predicted molar refractivity (Wildman–Crippen MR) is 75.2 cm³/mol. The molecule has 0 saturated carbocycles. The van der Waals surface area contributed by atoms with Crippen LogP contribution < -0.4 is 10.1 Å². The van der Waals surface area contributed by atoms with E-state index in [4.69, 9.17) is 4.74 Å². The van der Waals surface area contributed by atoms with E-state index in [0.717, 1.165) is 38.2 Å². The van der Waals surface area contributed by atoms with Crippen molar-refractivity contribution in [1.29, 1.82) is 0 Å². The molecule has 1 aliphatic rings. The van der Waals surface area contributed by atoms with Gasteiger partial charge in [0.05, 0.1) is 11.9 Å². The summed E-state index contributed by atoms with van der Waals surface area (Å²) in [5, 5.41) is 3.33. The van der Waals surface area contributed by atoms with E-state index in [1.807, 2.05) is 0 Å². The lowest BCUT2D eigenvalue weighted by Crippen LogP contribution is -2.35. The van der Waals surface area contributed by atoms with Crippen molar-refractivity contribution in [2.45, 2.75) is 45.4 Å². The molecule has 1 aliphatic heterocycles. The van der Waals surface area contributed by atoms with Crippen LogP contribution in [0.4, 0.5) is 0 Å². The molecule has 0 aromatic carbocycles. The molecule has 1 aromatic heterocycles. The molecule has 0 radical (unpaired) electrons. The van der Waals surface area contributed by atoms with E-state index in [0.29, 0.717) is 11.9 Å². The number of aromatic nitrogens is 2. The molecule has 1 aromatic rings. The fourth-order valence-corrected chi connectivity index (χ4v) is 2.11. The van der Waals surface area contributed by atoms with Crippen molar-refractivity contribution in [3.63, 3.8) is 0 Å². The van der Waals surface area contributed by atoms with Crippen LogP contribution in [0.25, 0.3) is 0 Å². The second kappa shape index (κ2) is 6.82. The Labute approximate surface area is 115 Å². The minimum atomic E-state index is 0.277. The number of likely N-dealkylation sites (tertiary alicyclic amines) is 1. The van der Waals surface area contributed by atoms with Crippen molar-refractivity contribution in [3.05, 3.63) is 18.1 Å². The van der Waals surface area contributed by atoms with Crippen LogP contribution in [0.3, 0.4) is 0 Å². The zero-order chi connectivity index (χ0) is 13.7. The van der Waals surface area contributed by atoms with Gasteiger partial charge in [-0.05, 0) is 19.9 Å². The van der Waals surface area contributed by atoms with E-state index < -0.39 is 0 Å². The molecule has 2 heterocycles. The van der Waals surface area contributed by atoms with E-state index >= 15 is 0 Å². The molecular formula is C14H24N4O. The summed E-state index contributed by atoms with van der Waals surface area (Å²) < 4.78 is 5.92. The highest BCUT2D eigenvalue weighted by molar-refractivity contribution is 5.09. The second-order valence-corrected chi connectivity index (χ2v) is 5.50. The molecule has 19 heavy (non-hydrogen) atoms. The Kier molecular flexibility index (Phi) is 5.10. The lowest BCUT2D eigenvalue weighted by Gasteiger charge is -2.28. The quantitative estimate of drug-likeness (QED) is 0.872. The molecule has 0 atom stereocenters. The summed E-state index contributed by atoms with van der Waals surface area (Å²) in [5.74, 6) is 0.651. The number of rotatable bonds is 5. The van der Waals surface area contributed by atoms with Crippen molar-refractivity contribution in [3.8, 4) is 5.88 Å². The van der Waals surface area contributed by atoms with Crippen molar-refractivity contribution < 1.29 is 4.74 Å². The maximum absolute atomic E-state index is 5.92. The molecule has 0 aliphatic carbocycles. The number of ether oxygens (including phenoxy) is 1. The third kappa shape index (κ3) is 4.76. The van der Waals surface area contributed by atoms with Crippen LogP contribution in [-0.4, -0.2) is 47.2 Å². The third-order valence-corrected chi connectivity index (χ3v) is 3.31.